The molecule has 4 rings (SSSR count). The van der Waals surface area contributed by atoms with E-state index in [4.69, 9.17) is 17.4 Å². The van der Waals surface area contributed by atoms with Gasteiger partial charge >= 0.3 is 20.2 Å². The van der Waals surface area contributed by atoms with Crippen LogP contribution in [0, 0.1) is 0 Å². The van der Waals surface area contributed by atoms with Crippen LogP contribution in [0.4, 0.5) is 0 Å². The third kappa shape index (κ3) is 5.99. The van der Waals surface area contributed by atoms with Crippen molar-refractivity contribution in [1.29, 1.82) is 0 Å². The predicted octanol–water partition coefficient (Wildman–Crippen LogP) is 5.08. The Bertz CT molecular complexity index is 1550. The fourth-order valence-electron chi connectivity index (χ4n) is 3.04. The summed E-state index contributed by atoms with van der Waals surface area (Å²) in [7, 11) is -8.77. The molecular weight excluding hydrogens is 532 g/mol. The van der Waals surface area contributed by atoms with Gasteiger partial charge in [-0.15, -0.1) is 0 Å². The smallest absolute Gasteiger partial charge is 0.358 e. The topological polar surface area (TPSA) is 138 Å². The van der Waals surface area contributed by atoms with Gasteiger partial charge in [-0.25, -0.2) is 0 Å². The number of rotatable bonds is 11. The van der Waals surface area contributed by atoms with Gasteiger partial charge in [0.15, 0.2) is 22.9 Å². The molecule has 0 aliphatic heterocycles. The minimum absolute atomic E-state index is 0.00584. The van der Waals surface area contributed by atoms with Crippen molar-refractivity contribution in [2.24, 2.45) is 10.3 Å². The second kappa shape index (κ2) is 11.2. The van der Waals surface area contributed by atoms with Crippen LogP contribution >= 0.6 is 0 Å². The first-order valence-electron chi connectivity index (χ1n) is 10.8. The Hall–Kier alpha value is -4.68. The number of furan rings is 2. The summed E-state index contributed by atoms with van der Waals surface area (Å²) in [6.07, 6.45) is 5.70. The van der Waals surface area contributed by atoms with Crippen LogP contribution in [0.5, 0.6) is 0 Å². The fourth-order valence-corrected chi connectivity index (χ4v) is 4.49. The molecule has 0 fully saturated rings. The highest BCUT2D eigenvalue weighted by Gasteiger charge is 2.26. The lowest BCUT2D eigenvalue weighted by atomic mass is 10.1. The lowest BCUT2D eigenvalue weighted by molar-refractivity contribution is 0.333. The summed E-state index contributed by atoms with van der Waals surface area (Å²) in [5.41, 5.74) is 0.781. The molecule has 10 nitrogen and oxygen atoms in total. The number of hydrogen-bond donors (Lipinski definition) is 0. The van der Waals surface area contributed by atoms with E-state index in [1.807, 2.05) is 0 Å². The monoisotopic (exact) mass is 552 g/mol. The van der Waals surface area contributed by atoms with Gasteiger partial charge in [0.2, 0.25) is 0 Å². The first-order chi connectivity index (χ1) is 18.2. The molecule has 2 aromatic carbocycles. The van der Waals surface area contributed by atoms with E-state index in [1.165, 1.54) is 85.3 Å². The molecule has 12 heteroatoms. The molecule has 194 valence electrons. The highest BCUT2D eigenvalue weighted by molar-refractivity contribution is 7.87. The van der Waals surface area contributed by atoms with Crippen LogP contribution in [0.1, 0.15) is 22.6 Å². The van der Waals surface area contributed by atoms with E-state index in [-0.39, 0.29) is 32.7 Å². The minimum Gasteiger partial charge on any atom is -0.463 e. The molecule has 0 N–H and O–H groups in total. The van der Waals surface area contributed by atoms with Crippen molar-refractivity contribution in [3.63, 3.8) is 0 Å². The van der Waals surface area contributed by atoms with Crippen LogP contribution in [0.2, 0.25) is 0 Å². The van der Waals surface area contributed by atoms with Crippen LogP contribution in [0.15, 0.2) is 127 Å². The minimum atomic E-state index is -4.38. The molecule has 0 aliphatic rings. The summed E-state index contributed by atoms with van der Waals surface area (Å²) in [4.78, 5) is -0.354. The van der Waals surface area contributed by atoms with E-state index >= 15 is 0 Å². The first kappa shape index (κ1) is 26.4. The summed E-state index contributed by atoms with van der Waals surface area (Å²) in [5.74, 6) is -0.0117. The summed E-state index contributed by atoms with van der Waals surface area (Å²) in [6.45, 7) is 7.25. The van der Waals surface area contributed by atoms with Crippen molar-refractivity contribution in [2.45, 2.75) is 9.79 Å². The van der Waals surface area contributed by atoms with E-state index in [0.29, 0.717) is 11.1 Å². The zero-order chi connectivity index (χ0) is 27.2. The Morgan fingerprint density at radius 1 is 0.632 bits per heavy atom. The molecule has 2 aromatic heterocycles. The van der Waals surface area contributed by atoms with Gasteiger partial charge in [0, 0.05) is 0 Å². The summed E-state index contributed by atoms with van der Waals surface area (Å²) in [6, 6.07) is 17.3. The molecule has 0 aliphatic carbocycles. The highest BCUT2D eigenvalue weighted by atomic mass is 32.2. The Kier molecular flexibility index (Phi) is 7.74. The van der Waals surface area contributed by atoms with Gasteiger partial charge < -0.3 is 8.83 Å². The normalized spacial score (nSPS) is 12.6. The quantitative estimate of drug-likeness (QED) is 0.186. The van der Waals surface area contributed by atoms with Crippen LogP contribution in [0.3, 0.4) is 0 Å². The molecule has 0 bridgehead atoms. The summed E-state index contributed by atoms with van der Waals surface area (Å²) < 4.78 is 71.7. The van der Waals surface area contributed by atoms with Crippen LogP contribution in [-0.4, -0.2) is 28.3 Å². The van der Waals surface area contributed by atoms with E-state index in [9.17, 15) is 16.8 Å². The molecule has 2 heterocycles. The second-order valence-electron chi connectivity index (χ2n) is 7.44. The molecule has 0 atom stereocenters. The SMILES string of the molecule is C=Cc1ccc(S(=O)(=O)O/N=C(\C(=N/OS(=O)(=O)c2ccc(C=C)cc2)c2ccco2)c2ccco2)cc1. The molecule has 0 radical (unpaired) electrons. The number of oxime groups is 2. The molecular formula is C26H20N2O8S2. The Balaban J connectivity index is 1.74. The molecule has 0 saturated heterocycles. The van der Waals surface area contributed by atoms with E-state index in [2.05, 4.69) is 23.5 Å². The summed E-state index contributed by atoms with van der Waals surface area (Å²) in [5, 5.41) is 7.49. The van der Waals surface area contributed by atoms with Gasteiger partial charge in [-0.2, -0.15) is 16.8 Å². The van der Waals surface area contributed by atoms with Gasteiger partial charge in [0.1, 0.15) is 9.79 Å². The number of nitrogens with zero attached hydrogens (tertiary/aromatic N) is 2. The lowest BCUT2D eigenvalue weighted by Crippen LogP contribution is -2.19. The fraction of sp³-hybridized carbons (Fsp3) is 0. The van der Waals surface area contributed by atoms with Crippen LogP contribution in [0.25, 0.3) is 12.2 Å². The third-order valence-corrected chi connectivity index (χ3v) is 7.24. The second-order valence-corrected chi connectivity index (χ2v) is 10.5. The van der Waals surface area contributed by atoms with Crippen molar-refractivity contribution in [2.75, 3.05) is 0 Å². The number of hydrogen-bond acceptors (Lipinski definition) is 10. The Labute approximate surface area is 219 Å². The standard InChI is InChI=1S/C26H20N2O8S2/c1-3-19-9-13-21(14-10-19)37(29,30)35-27-25(23-7-5-17-33-23)26(24-8-6-18-34-24)28-36-38(31,32)22-15-11-20(4-2)12-16-22/h3-18H,1-2H2/b27-25-,28-26-. The number of benzene rings is 2. The largest absolute Gasteiger partial charge is 0.463 e. The van der Waals surface area contributed by atoms with E-state index < -0.39 is 20.2 Å². The first-order valence-corrected chi connectivity index (χ1v) is 13.6. The van der Waals surface area contributed by atoms with Gasteiger partial charge in [-0.05, 0) is 59.7 Å². The average molecular weight is 553 g/mol. The maximum absolute atomic E-state index is 12.8. The zero-order valence-electron chi connectivity index (χ0n) is 19.6. The van der Waals surface area contributed by atoms with Crippen molar-refractivity contribution in [3.05, 3.63) is 121 Å². The van der Waals surface area contributed by atoms with E-state index in [0.717, 1.165) is 0 Å². The molecule has 0 amide bonds. The highest BCUT2D eigenvalue weighted by Crippen LogP contribution is 2.19. The lowest BCUT2D eigenvalue weighted by Gasteiger charge is -2.08. The third-order valence-electron chi connectivity index (χ3n) is 5.00. The van der Waals surface area contributed by atoms with E-state index in [1.54, 1.807) is 12.2 Å². The van der Waals surface area contributed by atoms with Crippen molar-refractivity contribution in [3.8, 4) is 0 Å². The maximum Gasteiger partial charge on any atom is 0.358 e. The Morgan fingerprint density at radius 3 is 1.29 bits per heavy atom. The summed E-state index contributed by atoms with van der Waals surface area (Å²) >= 11 is 0. The van der Waals surface area contributed by atoms with Crippen LogP contribution < -0.4 is 0 Å². The molecule has 0 unspecified atom stereocenters. The molecule has 4 aromatic rings. The average Bonchev–Trinajstić information content (AvgIpc) is 3.66. The molecule has 0 saturated carbocycles. The van der Waals surface area contributed by atoms with Crippen molar-refractivity contribution < 1.29 is 34.2 Å². The predicted molar refractivity (Wildman–Crippen MR) is 140 cm³/mol. The van der Waals surface area contributed by atoms with Gasteiger partial charge in [-0.3, -0.25) is 8.57 Å². The van der Waals surface area contributed by atoms with Gasteiger partial charge in [0.25, 0.3) is 0 Å². The Morgan fingerprint density at radius 2 is 1.00 bits per heavy atom. The molecule has 0 spiro atoms. The van der Waals surface area contributed by atoms with Gasteiger partial charge in [-0.1, -0.05) is 59.9 Å². The van der Waals surface area contributed by atoms with Crippen molar-refractivity contribution >= 4 is 43.8 Å². The van der Waals surface area contributed by atoms with Crippen LogP contribution in [-0.2, 0) is 28.8 Å². The maximum atomic E-state index is 12.8. The van der Waals surface area contributed by atoms with Crippen molar-refractivity contribution in [1.82, 2.24) is 0 Å². The molecule has 38 heavy (non-hydrogen) atoms. The zero-order valence-corrected chi connectivity index (χ0v) is 21.3. The van der Waals surface area contributed by atoms with Gasteiger partial charge in [0.05, 0.1) is 12.5 Å².